The summed E-state index contributed by atoms with van der Waals surface area (Å²) in [7, 11) is 0. The topological polar surface area (TPSA) is 0 Å². The van der Waals surface area contributed by atoms with Crippen LogP contribution in [0.25, 0.3) is 0 Å². The second-order valence-corrected chi connectivity index (χ2v) is 0. The minimum absolute atomic E-state index is 0. The van der Waals surface area contributed by atoms with Crippen molar-refractivity contribution in [3.05, 3.63) is 0 Å². The fourth-order valence-electron chi connectivity index (χ4n) is 0. The van der Waals surface area contributed by atoms with Gasteiger partial charge in [0.1, 0.15) is 0 Å². The minimum Gasteiger partial charge on any atom is -0.0149 e. The summed E-state index contributed by atoms with van der Waals surface area (Å²) in [5.74, 6) is 0. The van der Waals surface area contributed by atoms with Crippen molar-refractivity contribution >= 4 is 51.4 Å². The third kappa shape index (κ3) is 8.86. The summed E-state index contributed by atoms with van der Waals surface area (Å²) in [6.45, 7) is 0. The molecule has 0 aromatic rings. The largest absolute Gasteiger partial charge is 0.316 e. The maximum absolute atomic E-state index is 0. The van der Waals surface area contributed by atoms with Crippen LogP contribution >= 0.6 is 0 Å². The maximum atomic E-state index is 0. The van der Waals surface area contributed by atoms with Gasteiger partial charge in [0.05, 0.1) is 0 Å². The summed E-state index contributed by atoms with van der Waals surface area (Å²) >= 11 is 0. The van der Waals surface area contributed by atoms with Crippen molar-refractivity contribution < 1.29 is 41.7 Å². The van der Waals surface area contributed by atoms with E-state index in [0.717, 1.165) is 0 Å². The summed E-state index contributed by atoms with van der Waals surface area (Å²) in [6, 6.07) is 0. The van der Waals surface area contributed by atoms with Gasteiger partial charge in [0.15, 0.2) is 17.4 Å². The molecule has 0 N–H and O–H groups in total. The Kier molecular flexibility index (Phi) is 121. The Morgan fingerprint density at radius 3 is 1.00 bits per heavy atom. The fourth-order valence-corrected chi connectivity index (χ4v) is 0. The summed E-state index contributed by atoms with van der Waals surface area (Å²) in [4.78, 5) is 0. The van der Waals surface area contributed by atoms with Crippen LogP contribution < -0.4 is 0 Å². The predicted octanol–water partition coefficient (Wildman–Crippen LogP) is -3.55. The Morgan fingerprint density at radius 1 is 1.00 bits per heavy atom. The van der Waals surface area contributed by atoms with Gasteiger partial charge in [-0.3, -0.25) is 0 Å². The zero-order chi connectivity index (χ0) is 0. The fraction of sp³-hybridized carbons (Fsp3) is 0. The smallest absolute Gasteiger partial charge is 0.0149 e. The Balaban J connectivity index is 0. The molecular formula is H9AlCeMgSi. The van der Waals surface area contributed by atoms with Crippen LogP contribution in [0.15, 0.2) is 0 Å². The number of hydrogen-bond acceptors (Lipinski definition) is 0. The normalized spacial score (nSPS) is 0. The summed E-state index contributed by atoms with van der Waals surface area (Å²) < 4.78 is 0. The maximum Gasteiger partial charge on any atom is 0.316 e. The monoisotopic (exact) mass is 228 g/mol. The molecule has 0 unspecified atom stereocenters. The van der Waals surface area contributed by atoms with Crippen molar-refractivity contribution in [3.8, 4) is 0 Å². The van der Waals surface area contributed by atoms with Crippen molar-refractivity contribution in [3.63, 3.8) is 0 Å². The van der Waals surface area contributed by atoms with E-state index >= 15 is 0 Å². The average Bonchev–Trinajstić information content (AvgIpc) is 0. The van der Waals surface area contributed by atoms with Gasteiger partial charge in [-0.2, -0.15) is 0 Å². The van der Waals surface area contributed by atoms with Crippen molar-refractivity contribution in [2.45, 2.75) is 0 Å². The first-order chi connectivity index (χ1) is 0. The molecule has 0 spiro atoms. The van der Waals surface area contributed by atoms with Crippen LogP contribution in [-0.4, -0.2) is 51.4 Å². The molecule has 0 aliphatic heterocycles. The molecule has 0 aliphatic carbocycles. The van der Waals surface area contributed by atoms with Crippen LogP contribution in [-0.2, 0) is 0 Å². The molecule has 0 saturated carbocycles. The van der Waals surface area contributed by atoms with Gasteiger partial charge in [-0.05, 0) is 11.0 Å². The zero-order valence-electron chi connectivity index (χ0n) is 0.500. The van der Waals surface area contributed by atoms with Gasteiger partial charge in [-0.1, -0.05) is 0 Å². The van der Waals surface area contributed by atoms with Gasteiger partial charge in [-0.25, -0.2) is 0 Å². The van der Waals surface area contributed by atoms with Gasteiger partial charge in [0, 0.05) is 41.7 Å². The van der Waals surface area contributed by atoms with E-state index in [1.165, 1.54) is 0 Å². The Bertz CT molecular complexity index is 8.00. The second-order valence-electron chi connectivity index (χ2n) is 0. The van der Waals surface area contributed by atoms with E-state index in [1.54, 1.807) is 0 Å². The zero-order valence-corrected chi connectivity index (χ0v) is 3.64. The van der Waals surface area contributed by atoms with E-state index in [1.807, 2.05) is 0 Å². The molecule has 0 rings (SSSR count). The van der Waals surface area contributed by atoms with Crippen LogP contribution in [0.2, 0.25) is 0 Å². The van der Waals surface area contributed by atoms with Gasteiger partial charge < -0.3 is 0 Å². The van der Waals surface area contributed by atoms with Gasteiger partial charge >= 0.3 is 23.1 Å². The third-order valence-electron chi connectivity index (χ3n) is 0. The third-order valence-corrected chi connectivity index (χ3v) is 0. The van der Waals surface area contributed by atoms with Crippen LogP contribution in [0.3, 0.4) is 0 Å². The molecule has 0 radical (unpaired) electrons. The molecule has 0 saturated heterocycles. The van der Waals surface area contributed by atoms with Crippen LogP contribution in [0.5, 0.6) is 0 Å². The van der Waals surface area contributed by atoms with E-state index in [0.29, 0.717) is 0 Å². The van der Waals surface area contributed by atoms with Crippen LogP contribution in [0.4, 0.5) is 0 Å². The van der Waals surface area contributed by atoms with Crippen molar-refractivity contribution in [1.29, 1.82) is 0 Å². The molecule has 0 aliphatic rings. The molecule has 0 bridgehead atoms. The van der Waals surface area contributed by atoms with E-state index in [4.69, 9.17) is 0 Å². The number of rotatable bonds is 0. The first-order valence-electron chi connectivity index (χ1n) is 0. The SMILES string of the molecule is [AlH3].[Ce].[MgH2].[SiH4]. The van der Waals surface area contributed by atoms with E-state index in [9.17, 15) is 0 Å². The molecule has 0 fully saturated rings. The molecular weight excluding hydrogens is 219 g/mol. The summed E-state index contributed by atoms with van der Waals surface area (Å²) in [5.41, 5.74) is 0. The van der Waals surface area contributed by atoms with Gasteiger partial charge in [0.2, 0.25) is 0 Å². The summed E-state index contributed by atoms with van der Waals surface area (Å²) in [6.07, 6.45) is 0. The molecule has 4 heavy (non-hydrogen) atoms. The van der Waals surface area contributed by atoms with Gasteiger partial charge in [0.25, 0.3) is 0 Å². The molecule has 4 heteroatoms. The predicted molar refractivity (Wildman–Crippen MR) is 29.8 cm³/mol. The second kappa shape index (κ2) is 16.9. The average molecular weight is 229 g/mol. The quantitative estimate of drug-likeness (QED) is 0.377. The van der Waals surface area contributed by atoms with E-state index in [2.05, 4.69) is 0 Å². The molecule has 0 amide bonds. The molecule has 0 aromatic heterocycles. The first kappa shape index (κ1) is 28.6. The minimum atomic E-state index is 0. The molecule has 0 aromatic carbocycles. The van der Waals surface area contributed by atoms with Crippen molar-refractivity contribution in [2.75, 3.05) is 0 Å². The van der Waals surface area contributed by atoms with Gasteiger partial charge in [-0.15, -0.1) is 0 Å². The van der Waals surface area contributed by atoms with Crippen LogP contribution in [0, 0.1) is 41.7 Å². The Morgan fingerprint density at radius 2 is 1.00 bits per heavy atom. The molecule has 0 nitrogen and oxygen atoms in total. The van der Waals surface area contributed by atoms with E-state index < -0.39 is 0 Å². The van der Waals surface area contributed by atoms with Crippen molar-refractivity contribution in [1.82, 2.24) is 0 Å². The molecule has 0 atom stereocenters. The standard InChI is InChI=1S/Al.Ce.Mg.H4Si.5H/h;;;1H4;;;;;. The number of hydrogen-bond donors (Lipinski definition) is 0. The van der Waals surface area contributed by atoms with E-state index in [-0.39, 0.29) is 93.1 Å². The Labute approximate surface area is 91.2 Å². The summed E-state index contributed by atoms with van der Waals surface area (Å²) in [5, 5.41) is 0. The Hall–Kier alpha value is 2.89. The molecule has 0 heterocycles. The van der Waals surface area contributed by atoms with Crippen molar-refractivity contribution in [2.24, 2.45) is 0 Å². The first-order valence-corrected chi connectivity index (χ1v) is 0. The molecule has 22 valence electrons. The van der Waals surface area contributed by atoms with Crippen LogP contribution in [0.1, 0.15) is 0 Å².